The van der Waals surface area contributed by atoms with Gasteiger partial charge in [0.15, 0.2) is 0 Å². The second-order valence-corrected chi connectivity index (χ2v) is 9.14. The first kappa shape index (κ1) is 22.2. The number of nitrogens with zero attached hydrogens (tertiary/aromatic N) is 1. The molecule has 2 N–H and O–H groups in total. The minimum absolute atomic E-state index is 0.0494. The average molecular weight is 450 g/mol. The average Bonchev–Trinajstić information content (AvgIpc) is 3.33. The molecule has 0 radical (unpaired) electrons. The summed E-state index contributed by atoms with van der Waals surface area (Å²) in [4.78, 5) is 15.9. The van der Waals surface area contributed by atoms with E-state index in [-0.39, 0.29) is 5.91 Å². The van der Waals surface area contributed by atoms with E-state index in [0.29, 0.717) is 18.4 Å². The van der Waals surface area contributed by atoms with Gasteiger partial charge in [-0.25, -0.2) is 0 Å². The first-order valence-corrected chi connectivity index (χ1v) is 12.0. The third kappa shape index (κ3) is 4.82. The molecule has 1 amide bonds. The predicted molar refractivity (Wildman–Crippen MR) is 142 cm³/mol. The Morgan fingerprint density at radius 1 is 0.853 bits per heavy atom. The molecule has 172 valence electrons. The maximum absolute atomic E-state index is 13.9. The first-order chi connectivity index (χ1) is 16.7. The summed E-state index contributed by atoms with van der Waals surface area (Å²) in [5.41, 5.74) is 4.04. The van der Waals surface area contributed by atoms with Crippen LogP contribution in [0.5, 0.6) is 0 Å². The van der Waals surface area contributed by atoms with Gasteiger partial charge in [-0.3, -0.25) is 4.79 Å². The zero-order chi connectivity index (χ0) is 23.3. The van der Waals surface area contributed by atoms with E-state index in [1.54, 1.807) is 0 Å². The molecule has 0 spiro atoms. The van der Waals surface area contributed by atoms with E-state index in [1.807, 2.05) is 66.5 Å². The monoisotopic (exact) mass is 449 g/mol. The van der Waals surface area contributed by atoms with E-state index in [1.165, 1.54) is 5.56 Å². The molecule has 4 nitrogen and oxygen atoms in total. The number of amides is 1. The molecule has 2 atom stereocenters. The van der Waals surface area contributed by atoms with Gasteiger partial charge in [-0.15, -0.1) is 0 Å². The first-order valence-electron chi connectivity index (χ1n) is 12.0. The van der Waals surface area contributed by atoms with Crippen molar-refractivity contribution in [2.24, 2.45) is 11.8 Å². The van der Waals surface area contributed by atoms with E-state index in [4.69, 9.17) is 0 Å². The van der Waals surface area contributed by atoms with Gasteiger partial charge in [0, 0.05) is 30.5 Å². The minimum atomic E-state index is 0.0494. The minimum Gasteiger partial charge on any atom is -0.388 e. The van der Waals surface area contributed by atoms with Crippen molar-refractivity contribution >= 4 is 28.1 Å². The molecule has 4 aromatic rings. The van der Waals surface area contributed by atoms with Gasteiger partial charge >= 0.3 is 0 Å². The van der Waals surface area contributed by atoms with Crippen molar-refractivity contribution in [1.29, 1.82) is 0 Å². The highest BCUT2D eigenvalue weighted by Gasteiger charge is 2.31. The van der Waals surface area contributed by atoms with Crippen LogP contribution in [0, 0.1) is 11.8 Å². The summed E-state index contributed by atoms with van der Waals surface area (Å²) >= 11 is 0. The molecule has 34 heavy (non-hydrogen) atoms. The molecule has 0 saturated carbocycles. The highest BCUT2D eigenvalue weighted by atomic mass is 16.2. The smallest absolute Gasteiger partial charge is 0.258 e. The van der Waals surface area contributed by atoms with Crippen LogP contribution in [0.3, 0.4) is 0 Å². The predicted octanol–water partition coefficient (Wildman–Crippen LogP) is 5.61. The summed E-state index contributed by atoms with van der Waals surface area (Å²) < 4.78 is 0. The Morgan fingerprint density at radius 3 is 2.32 bits per heavy atom. The Hall–Kier alpha value is -3.63. The number of rotatable bonds is 7. The Labute approximate surface area is 201 Å². The van der Waals surface area contributed by atoms with Gasteiger partial charge in [0.1, 0.15) is 0 Å². The maximum atomic E-state index is 13.9. The Balaban J connectivity index is 1.44. The van der Waals surface area contributed by atoms with E-state index < -0.39 is 0 Å². The van der Waals surface area contributed by atoms with E-state index in [0.717, 1.165) is 47.2 Å². The van der Waals surface area contributed by atoms with E-state index in [9.17, 15) is 4.79 Å². The molecule has 1 aliphatic heterocycles. The standard InChI is InChI=1S/C30H31N3O/c1-31-28-13-15-29(16-14-28)33(30(34)25-12-11-23-9-5-6-10-24(23)18-25)21-27-20-32-19-26(27)17-22-7-3-2-4-8-22/h2-16,18,26-27,31-32H,17,19-21H2,1H3/t26-,27+/m0/s1. The molecule has 1 saturated heterocycles. The molecule has 5 rings (SSSR count). The third-order valence-electron chi connectivity index (χ3n) is 6.95. The molecular weight excluding hydrogens is 418 g/mol. The van der Waals surface area contributed by atoms with E-state index >= 15 is 0 Å². The van der Waals surface area contributed by atoms with Gasteiger partial charge in [-0.1, -0.05) is 60.7 Å². The Morgan fingerprint density at radius 2 is 1.56 bits per heavy atom. The molecule has 4 heteroatoms. The molecule has 0 aliphatic carbocycles. The summed E-state index contributed by atoms with van der Waals surface area (Å²) in [5, 5.41) is 8.97. The summed E-state index contributed by atoms with van der Waals surface area (Å²) in [7, 11) is 1.91. The highest BCUT2D eigenvalue weighted by molar-refractivity contribution is 6.08. The van der Waals surface area contributed by atoms with Crippen LogP contribution in [0.4, 0.5) is 11.4 Å². The van der Waals surface area contributed by atoms with Gasteiger partial charge in [-0.05, 0) is 84.1 Å². The number of nitrogens with one attached hydrogen (secondary N) is 2. The van der Waals surface area contributed by atoms with Crippen LogP contribution in [-0.4, -0.2) is 32.6 Å². The van der Waals surface area contributed by atoms with Gasteiger partial charge in [0.05, 0.1) is 0 Å². The van der Waals surface area contributed by atoms with Crippen LogP contribution in [0.15, 0.2) is 97.1 Å². The van der Waals surface area contributed by atoms with Gasteiger partial charge in [0.2, 0.25) is 0 Å². The number of fused-ring (bicyclic) bond motifs is 1. The lowest BCUT2D eigenvalue weighted by atomic mass is 9.89. The third-order valence-corrected chi connectivity index (χ3v) is 6.95. The summed E-state index contributed by atoms with van der Waals surface area (Å²) in [6.45, 7) is 2.60. The van der Waals surface area contributed by atoms with Crippen molar-refractivity contribution in [3.05, 3.63) is 108 Å². The number of carbonyl (C=O) groups excluding carboxylic acids is 1. The zero-order valence-corrected chi connectivity index (χ0v) is 19.6. The Bertz CT molecular complexity index is 1250. The molecule has 4 aromatic carbocycles. The summed E-state index contributed by atoms with van der Waals surface area (Å²) in [6.07, 6.45) is 1.02. The summed E-state index contributed by atoms with van der Waals surface area (Å²) in [5.74, 6) is 0.924. The fraction of sp³-hybridized carbons (Fsp3) is 0.233. The molecular formula is C30H31N3O. The van der Waals surface area contributed by atoms with Crippen LogP contribution >= 0.6 is 0 Å². The molecule has 0 aromatic heterocycles. The van der Waals surface area contributed by atoms with Gasteiger partial charge < -0.3 is 15.5 Å². The topological polar surface area (TPSA) is 44.4 Å². The summed E-state index contributed by atoms with van der Waals surface area (Å²) in [6, 6.07) is 33.0. The van der Waals surface area contributed by atoms with Gasteiger partial charge in [-0.2, -0.15) is 0 Å². The van der Waals surface area contributed by atoms with Crippen LogP contribution < -0.4 is 15.5 Å². The van der Waals surface area contributed by atoms with Crippen LogP contribution in [0.2, 0.25) is 0 Å². The number of anilines is 2. The number of benzene rings is 4. The zero-order valence-electron chi connectivity index (χ0n) is 19.6. The lowest BCUT2D eigenvalue weighted by Crippen LogP contribution is -2.38. The van der Waals surface area contributed by atoms with Crippen molar-refractivity contribution in [1.82, 2.24) is 5.32 Å². The largest absolute Gasteiger partial charge is 0.388 e. The molecule has 1 fully saturated rings. The molecule has 1 heterocycles. The van der Waals surface area contributed by atoms with Crippen molar-refractivity contribution < 1.29 is 4.79 Å². The SMILES string of the molecule is CNc1ccc(N(C[C@H]2CNC[C@@H]2Cc2ccccc2)C(=O)c2ccc3ccccc3c2)cc1. The maximum Gasteiger partial charge on any atom is 0.258 e. The van der Waals surface area contributed by atoms with E-state index in [2.05, 4.69) is 53.1 Å². The fourth-order valence-electron chi connectivity index (χ4n) is 4.98. The Kier molecular flexibility index (Phi) is 6.59. The second kappa shape index (κ2) is 10.1. The van der Waals surface area contributed by atoms with Crippen molar-refractivity contribution in [3.8, 4) is 0 Å². The van der Waals surface area contributed by atoms with Crippen LogP contribution in [0.1, 0.15) is 15.9 Å². The number of hydrogen-bond donors (Lipinski definition) is 2. The van der Waals surface area contributed by atoms with Gasteiger partial charge in [0.25, 0.3) is 5.91 Å². The highest BCUT2D eigenvalue weighted by Crippen LogP contribution is 2.28. The second-order valence-electron chi connectivity index (χ2n) is 9.14. The van der Waals surface area contributed by atoms with Crippen molar-refractivity contribution in [2.45, 2.75) is 6.42 Å². The fourth-order valence-corrected chi connectivity index (χ4v) is 4.98. The normalized spacial score (nSPS) is 17.6. The van der Waals surface area contributed by atoms with Crippen molar-refractivity contribution in [2.75, 3.05) is 36.9 Å². The number of hydrogen-bond acceptors (Lipinski definition) is 3. The van der Waals surface area contributed by atoms with Crippen molar-refractivity contribution in [3.63, 3.8) is 0 Å². The molecule has 0 bridgehead atoms. The lowest BCUT2D eigenvalue weighted by molar-refractivity contribution is 0.0981. The number of carbonyl (C=O) groups is 1. The molecule has 1 aliphatic rings. The quantitative estimate of drug-likeness (QED) is 0.386. The lowest BCUT2D eigenvalue weighted by Gasteiger charge is -2.29. The van der Waals surface area contributed by atoms with Crippen LogP contribution in [0.25, 0.3) is 10.8 Å². The van der Waals surface area contributed by atoms with Crippen LogP contribution in [-0.2, 0) is 6.42 Å². The molecule has 0 unspecified atom stereocenters.